The lowest BCUT2D eigenvalue weighted by molar-refractivity contribution is 0.528. The van der Waals surface area contributed by atoms with Crippen LogP contribution in [0.3, 0.4) is 0 Å². The third-order valence-electron chi connectivity index (χ3n) is 3.64. The van der Waals surface area contributed by atoms with Gasteiger partial charge in [0.15, 0.2) is 5.58 Å². The molecule has 0 N–H and O–H groups in total. The monoisotopic (exact) mass is 277 g/mol. The van der Waals surface area contributed by atoms with Gasteiger partial charge in [-0.05, 0) is 35.2 Å². The highest BCUT2D eigenvalue weighted by molar-refractivity contribution is 5.80. The second-order valence-electron chi connectivity index (χ2n) is 5.01. The van der Waals surface area contributed by atoms with Crippen molar-refractivity contribution in [2.24, 2.45) is 7.05 Å². The van der Waals surface area contributed by atoms with Crippen LogP contribution in [0.25, 0.3) is 22.2 Å². The van der Waals surface area contributed by atoms with Gasteiger partial charge in [-0.3, -0.25) is 4.57 Å². The Balaban J connectivity index is 1.98. The van der Waals surface area contributed by atoms with Crippen LogP contribution in [0.15, 0.2) is 51.7 Å². The van der Waals surface area contributed by atoms with Crippen LogP contribution in [-0.4, -0.2) is 4.57 Å². The third-order valence-corrected chi connectivity index (χ3v) is 3.64. The van der Waals surface area contributed by atoms with E-state index in [2.05, 4.69) is 30.2 Å². The molecular formula is C18H15NO2. The van der Waals surface area contributed by atoms with Gasteiger partial charge in [-0.1, -0.05) is 30.3 Å². The summed E-state index contributed by atoms with van der Waals surface area (Å²) in [7, 11) is 1.71. The molecule has 0 saturated heterocycles. The number of terminal acetylenes is 1. The molecule has 0 unspecified atom stereocenters. The van der Waals surface area contributed by atoms with E-state index in [-0.39, 0.29) is 5.76 Å². The highest BCUT2D eigenvalue weighted by Gasteiger charge is 2.07. The van der Waals surface area contributed by atoms with Crippen LogP contribution in [-0.2, 0) is 13.5 Å². The van der Waals surface area contributed by atoms with Crippen molar-refractivity contribution in [3.8, 4) is 23.5 Å². The molecule has 3 nitrogen and oxygen atoms in total. The average molecular weight is 277 g/mol. The van der Waals surface area contributed by atoms with E-state index in [0.717, 1.165) is 29.5 Å². The molecule has 3 heteroatoms. The quantitative estimate of drug-likeness (QED) is 0.688. The van der Waals surface area contributed by atoms with Gasteiger partial charge in [-0.25, -0.2) is 4.79 Å². The average Bonchev–Trinajstić information content (AvgIpc) is 2.80. The Morgan fingerprint density at radius 3 is 2.57 bits per heavy atom. The molecule has 21 heavy (non-hydrogen) atoms. The Kier molecular flexibility index (Phi) is 3.37. The summed E-state index contributed by atoms with van der Waals surface area (Å²) in [4.78, 5) is 11.5. The predicted octanol–water partition coefficient (Wildman–Crippen LogP) is 3.36. The first-order chi connectivity index (χ1) is 10.2. The van der Waals surface area contributed by atoms with Gasteiger partial charge in [-0.2, -0.15) is 0 Å². The number of fused-ring (bicyclic) bond motifs is 1. The van der Waals surface area contributed by atoms with Crippen molar-refractivity contribution >= 4 is 11.1 Å². The third kappa shape index (κ3) is 2.48. The number of benzene rings is 2. The lowest BCUT2D eigenvalue weighted by atomic mass is 10.0. The van der Waals surface area contributed by atoms with Crippen molar-refractivity contribution in [1.29, 1.82) is 0 Å². The fraction of sp³-hybridized carbons (Fsp3) is 0.167. The standard InChI is InChI=1S/C18H15NO2/c1-3-4-5-13-6-8-14(9-7-13)15-10-11-17-16(12-15)19(2)18(20)21-17/h1,6-12H,4-5H2,2H3. The number of aromatic nitrogens is 1. The minimum absolute atomic E-state index is 0.341. The number of hydrogen-bond donors (Lipinski definition) is 0. The van der Waals surface area contributed by atoms with Crippen molar-refractivity contribution < 1.29 is 4.42 Å². The zero-order chi connectivity index (χ0) is 14.8. The van der Waals surface area contributed by atoms with Gasteiger partial charge < -0.3 is 4.42 Å². The summed E-state index contributed by atoms with van der Waals surface area (Å²) in [6.07, 6.45) is 6.93. The normalized spacial score (nSPS) is 10.7. The topological polar surface area (TPSA) is 35.1 Å². The smallest absolute Gasteiger partial charge is 0.408 e. The van der Waals surface area contributed by atoms with E-state index in [1.54, 1.807) is 7.05 Å². The molecule has 0 fully saturated rings. The van der Waals surface area contributed by atoms with Gasteiger partial charge in [0.1, 0.15) is 0 Å². The summed E-state index contributed by atoms with van der Waals surface area (Å²) in [5, 5.41) is 0. The number of oxazole rings is 1. The van der Waals surface area contributed by atoms with E-state index < -0.39 is 0 Å². The maximum absolute atomic E-state index is 11.5. The van der Waals surface area contributed by atoms with Crippen molar-refractivity contribution in [2.75, 3.05) is 0 Å². The number of nitrogens with zero attached hydrogens (tertiary/aromatic N) is 1. The largest absolute Gasteiger partial charge is 0.419 e. The molecule has 0 aliphatic carbocycles. The zero-order valence-corrected chi connectivity index (χ0v) is 11.8. The second kappa shape index (κ2) is 5.34. The van der Waals surface area contributed by atoms with Gasteiger partial charge >= 0.3 is 5.76 Å². The lowest BCUT2D eigenvalue weighted by Gasteiger charge is -2.04. The van der Waals surface area contributed by atoms with E-state index >= 15 is 0 Å². The van der Waals surface area contributed by atoms with Crippen molar-refractivity contribution in [1.82, 2.24) is 4.57 Å². The van der Waals surface area contributed by atoms with Crippen LogP contribution in [0, 0.1) is 12.3 Å². The molecule has 0 spiro atoms. The van der Waals surface area contributed by atoms with Crippen LogP contribution < -0.4 is 5.76 Å². The first-order valence-electron chi connectivity index (χ1n) is 6.81. The Morgan fingerprint density at radius 2 is 1.86 bits per heavy atom. The summed E-state index contributed by atoms with van der Waals surface area (Å²) >= 11 is 0. The summed E-state index contributed by atoms with van der Waals surface area (Å²) in [6.45, 7) is 0. The molecule has 1 aromatic heterocycles. The van der Waals surface area contributed by atoms with Crippen molar-refractivity contribution in [3.05, 3.63) is 58.6 Å². The molecule has 0 aliphatic heterocycles. The molecule has 1 heterocycles. The van der Waals surface area contributed by atoms with E-state index in [9.17, 15) is 4.79 Å². The molecule has 3 rings (SSSR count). The molecule has 0 bridgehead atoms. The van der Waals surface area contributed by atoms with E-state index in [0.29, 0.717) is 5.58 Å². The van der Waals surface area contributed by atoms with E-state index in [1.807, 2.05) is 18.2 Å². The number of hydrogen-bond acceptors (Lipinski definition) is 2. The molecule has 0 amide bonds. The summed E-state index contributed by atoms with van der Waals surface area (Å²) < 4.78 is 6.66. The molecule has 0 saturated carbocycles. The SMILES string of the molecule is C#CCCc1ccc(-c2ccc3oc(=O)n(C)c3c2)cc1. The molecule has 0 aliphatic rings. The minimum atomic E-state index is -0.341. The highest BCUT2D eigenvalue weighted by Crippen LogP contribution is 2.24. The molecule has 2 aromatic carbocycles. The van der Waals surface area contributed by atoms with Crippen LogP contribution in [0.4, 0.5) is 0 Å². The van der Waals surface area contributed by atoms with Gasteiger partial charge in [0.2, 0.25) is 0 Å². The maximum Gasteiger partial charge on any atom is 0.419 e. The molecular weight excluding hydrogens is 262 g/mol. The zero-order valence-electron chi connectivity index (χ0n) is 11.8. The second-order valence-corrected chi connectivity index (χ2v) is 5.01. The van der Waals surface area contributed by atoms with Gasteiger partial charge in [0.05, 0.1) is 5.52 Å². The molecule has 0 atom stereocenters. The highest BCUT2D eigenvalue weighted by atomic mass is 16.4. The molecule has 0 radical (unpaired) electrons. The Hall–Kier alpha value is -2.73. The molecule has 3 aromatic rings. The van der Waals surface area contributed by atoms with Crippen LogP contribution in [0.1, 0.15) is 12.0 Å². The number of aryl methyl sites for hydroxylation is 2. The fourth-order valence-electron chi connectivity index (χ4n) is 2.39. The minimum Gasteiger partial charge on any atom is -0.408 e. The Bertz CT molecular complexity index is 876. The maximum atomic E-state index is 11.5. The Morgan fingerprint density at radius 1 is 1.14 bits per heavy atom. The Labute approximate surface area is 122 Å². The summed E-state index contributed by atoms with van der Waals surface area (Å²) in [5.41, 5.74) is 4.80. The first-order valence-corrected chi connectivity index (χ1v) is 6.81. The van der Waals surface area contributed by atoms with Crippen molar-refractivity contribution in [2.45, 2.75) is 12.8 Å². The van der Waals surface area contributed by atoms with Gasteiger partial charge in [-0.15, -0.1) is 12.3 Å². The summed E-state index contributed by atoms with van der Waals surface area (Å²) in [5.74, 6) is 2.31. The van der Waals surface area contributed by atoms with Crippen LogP contribution in [0.2, 0.25) is 0 Å². The van der Waals surface area contributed by atoms with E-state index in [1.165, 1.54) is 10.1 Å². The number of rotatable bonds is 3. The predicted molar refractivity (Wildman–Crippen MR) is 84.0 cm³/mol. The van der Waals surface area contributed by atoms with Gasteiger partial charge in [0, 0.05) is 13.5 Å². The van der Waals surface area contributed by atoms with E-state index in [4.69, 9.17) is 10.8 Å². The fourth-order valence-corrected chi connectivity index (χ4v) is 2.39. The summed E-state index contributed by atoms with van der Waals surface area (Å²) in [6, 6.07) is 14.1. The van der Waals surface area contributed by atoms with Crippen LogP contribution in [0.5, 0.6) is 0 Å². The van der Waals surface area contributed by atoms with Crippen LogP contribution >= 0.6 is 0 Å². The first kappa shape index (κ1) is 13.3. The van der Waals surface area contributed by atoms with Crippen molar-refractivity contribution in [3.63, 3.8) is 0 Å². The van der Waals surface area contributed by atoms with Gasteiger partial charge in [0.25, 0.3) is 0 Å². The molecule has 104 valence electrons. The lowest BCUT2D eigenvalue weighted by Crippen LogP contribution is -2.08.